The second-order valence-corrected chi connectivity index (χ2v) is 10.1. The van der Waals surface area contributed by atoms with Crippen molar-refractivity contribution in [2.24, 2.45) is 0 Å². The Bertz CT molecular complexity index is 1680. The van der Waals surface area contributed by atoms with E-state index >= 15 is 0 Å². The summed E-state index contributed by atoms with van der Waals surface area (Å²) in [7, 11) is -4.04. The fraction of sp³-hybridized carbons (Fsp3) is 0.0769. The van der Waals surface area contributed by atoms with Crippen LogP contribution in [-0.4, -0.2) is 23.9 Å². The third-order valence-electron chi connectivity index (χ3n) is 5.75. The van der Waals surface area contributed by atoms with Gasteiger partial charge in [0.15, 0.2) is 0 Å². The number of carbonyl (C=O) groups excluding carboxylic acids is 1. The number of hydrogen-bond donors (Lipinski definition) is 1. The molecule has 0 aliphatic heterocycles. The first-order valence-electron chi connectivity index (χ1n) is 10.6. The quantitative estimate of drug-likeness (QED) is 0.362. The Morgan fingerprint density at radius 1 is 0.941 bits per heavy atom. The average Bonchev–Trinajstić information content (AvgIpc) is 3.14. The van der Waals surface area contributed by atoms with Gasteiger partial charge in [0.2, 0.25) is 0 Å². The fourth-order valence-electron chi connectivity index (χ4n) is 3.96. The van der Waals surface area contributed by atoms with E-state index in [1.54, 1.807) is 30.3 Å². The number of halogens is 1. The van der Waals surface area contributed by atoms with Crippen LogP contribution in [0.2, 0.25) is 5.02 Å². The number of rotatable bonds is 5. The van der Waals surface area contributed by atoms with Crippen LogP contribution in [0.5, 0.6) is 0 Å². The molecule has 0 fully saturated rings. The lowest BCUT2D eigenvalue weighted by molar-refractivity contribution is 0.0981. The Balaban J connectivity index is 1.42. The summed E-state index contributed by atoms with van der Waals surface area (Å²) >= 11 is 6.31. The van der Waals surface area contributed by atoms with Crippen LogP contribution in [0.3, 0.4) is 0 Å². The minimum atomic E-state index is -4.04. The molecule has 6 nitrogen and oxygen atoms in total. The summed E-state index contributed by atoms with van der Waals surface area (Å²) < 4.78 is 29.9. The molecule has 0 saturated carbocycles. The number of aryl methyl sites for hydroxylation is 1. The SMILES string of the molecule is Cc1nc2cc(C(=O)NS(=O)(=O)c3ccc4ccccc4c3)ccc2n1Cc1ccccc1Cl. The van der Waals surface area contributed by atoms with E-state index < -0.39 is 15.9 Å². The number of sulfonamides is 1. The molecule has 170 valence electrons. The van der Waals surface area contributed by atoms with Crippen LogP contribution >= 0.6 is 11.6 Å². The Morgan fingerprint density at radius 3 is 2.47 bits per heavy atom. The molecule has 0 radical (unpaired) electrons. The molecule has 0 aliphatic rings. The van der Waals surface area contributed by atoms with Gasteiger partial charge in [-0.15, -0.1) is 0 Å². The highest BCUT2D eigenvalue weighted by Gasteiger charge is 2.20. The first-order chi connectivity index (χ1) is 16.3. The van der Waals surface area contributed by atoms with Crippen LogP contribution < -0.4 is 4.72 Å². The maximum absolute atomic E-state index is 12.9. The van der Waals surface area contributed by atoms with Crippen molar-refractivity contribution in [3.05, 3.63) is 107 Å². The van der Waals surface area contributed by atoms with E-state index in [0.29, 0.717) is 17.1 Å². The molecule has 34 heavy (non-hydrogen) atoms. The zero-order valence-corrected chi connectivity index (χ0v) is 19.8. The summed E-state index contributed by atoms with van der Waals surface area (Å²) in [5.41, 5.74) is 2.58. The number of aromatic nitrogens is 2. The number of imidazole rings is 1. The summed E-state index contributed by atoms with van der Waals surface area (Å²) in [5, 5.41) is 2.36. The zero-order valence-electron chi connectivity index (χ0n) is 18.2. The van der Waals surface area contributed by atoms with Crippen molar-refractivity contribution in [3.63, 3.8) is 0 Å². The van der Waals surface area contributed by atoms with Crippen molar-refractivity contribution >= 4 is 49.3 Å². The van der Waals surface area contributed by atoms with Gasteiger partial charge >= 0.3 is 0 Å². The normalized spacial score (nSPS) is 11.7. The topological polar surface area (TPSA) is 81.1 Å². The van der Waals surface area contributed by atoms with Gasteiger partial charge in [0.1, 0.15) is 5.82 Å². The Hall–Kier alpha value is -3.68. The molecular formula is C26H20ClN3O3S. The monoisotopic (exact) mass is 489 g/mol. The molecule has 0 aliphatic carbocycles. The smallest absolute Gasteiger partial charge is 0.265 e. The highest BCUT2D eigenvalue weighted by atomic mass is 35.5. The van der Waals surface area contributed by atoms with E-state index in [1.807, 2.05) is 60.0 Å². The first-order valence-corrected chi connectivity index (χ1v) is 12.4. The van der Waals surface area contributed by atoms with Gasteiger partial charge in [-0.1, -0.05) is 60.1 Å². The van der Waals surface area contributed by atoms with Crippen LogP contribution in [0.25, 0.3) is 21.8 Å². The number of nitrogens with one attached hydrogen (secondary N) is 1. The van der Waals surface area contributed by atoms with Crippen molar-refractivity contribution in [2.75, 3.05) is 0 Å². The van der Waals surface area contributed by atoms with Crippen LogP contribution in [0.4, 0.5) is 0 Å². The van der Waals surface area contributed by atoms with Crippen molar-refractivity contribution in [2.45, 2.75) is 18.4 Å². The van der Waals surface area contributed by atoms with Crippen molar-refractivity contribution < 1.29 is 13.2 Å². The summed E-state index contributed by atoms with van der Waals surface area (Å²) in [4.78, 5) is 17.4. The van der Waals surface area contributed by atoms with Crippen molar-refractivity contribution in [3.8, 4) is 0 Å². The molecule has 0 atom stereocenters. The lowest BCUT2D eigenvalue weighted by Crippen LogP contribution is -2.30. The maximum atomic E-state index is 12.9. The molecular weight excluding hydrogens is 470 g/mol. The van der Waals surface area contributed by atoms with Gasteiger partial charge in [0.05, 0.1) is 22.5 Å². The maximum Gasteiger partial charge on any atom is 0.265 e. The second kappa shape index (κ2) is 8.59. The Kier molecular flexibility index (Phi) is 5.59. The number of hydrogen-bond acceptors (Lipinski definition) is 4. The predicted molar refractivity (Wildman–Crippen MR) is 134 cm³/mol. The molecule has 0 bridgehead atoms. The minimum Gasteiger partial charge on any atom is -0.324 e. The number of fused-ring (bicyclic) bond motifs is 2. The molecule has 8 heteroatoms. The minimum absolute atomic E-state index is 0.0282. The van der Waals surface area contributed by atoms with Gasteiger partial charge in [-0.05, 0) is 59.7 Å². The van der Waals surface area contributed by atoms with E-state index in [9.17, 15) is 13.2 Å². The van der Waals surface area contributed by atoms with E-state index in [0.717, 1.165) is 27.7 Å². The van der Waals surface area contributed by atoms with Gasteiger partial charge in [-0.25, -0.2) is 18.1 Å². The second-order valence-electron chi connectivity index (χ2n) is 7.98. The molecule has 1 aromatic heterocycles. The summed E-state index contributed by atoms with van der Waals surface area (Å²) in [6, 6.07) is 24.7. The van der Waals surface area contributed by atoms with Crippen LogP contribution in [-0.2, 0) is 16.6 Å². The van der Waals surface area contributed by atoms with Crippen LogP contribution in [0.15, 0.2) is 89.8 Å². The molecule has 5 rings (SSSR count). The number of benzene rings is 4. The molecule has 0 saturated heterocycles. The predicted octanol–water partition coefficient (Wildman–Crippen LogP) is 5.32. The zero-order chi connectivity index (χ0) is 23.9. The van der Waals surface area contributed by atoms with E-state index in [-0.39, 0.29) is 10.5 Å². The summed E-state index contributed by atoms with van der Waals surface area (Å²) in [6.07, 6.45) is 0. The van der Waals surface area contributed by atoms with Crippen LogP contribution in [0, 0.1) is 6.92 Å². The number of carbonyl (C=O) groups is 1. The molecule has 5 aromatic rings. The van der Waals surface area contributed by atoms with Gasteiger partial charge < -0.3 is 4.57 Å². The van der Waals surface area contributed by atoms with Crippen LogP contribution in [0.1, 0.15) is 21.7 Å². The molecule has 1 N–H and O–H groups in total. The van der Waals surface area contributed by atoms with Gasteiger partial charge in [-0.3, -0.25) is 4.79 Å². The molecule has 4 aromatic carbocycles. The largest absolute Gasteiger partial charge is 0.324 e. The number of nitrogens with zero attached hydrogens (tertiary/aromatic N) is 2. The average molecular weight is 490 g/mol. The lowest BCUT2D eigenvalue weighted by atomic mass is 10.1. The molecule has 0 unspecified atom stereocenters. The van der Waals surface area contributed by atoms with Crippen molar-refractivity contribution in [1.29, 1.82) is 0 Å². The third kappa shape index (κ3) is 4.16. The first kappa shape index (κ1) is 22.1. The standard InChI is InChI=1S/C26H20ClN3O3S/c1-17-28-24-15-20(11-13-25(24)30(17)16-21-8-4-5-9-23(21)27)26(31)29-34(32,33)22-12-10-18-6-2-3-7-19(18)14-22/h2-15H,16H2,1H3,(H,29,31). The highest BCUT2D eigenvalue weighted by Crippen LogP contribution is 2.23. The van der Waals surface area contributed by atoms with Crippen molar-refractivity contribution in [1.82, 2.24) is 14.3 Å². The lowest BCUT2D eigenvalue weighted by Gasteiger charge is -2.10. The summed E-state index contributed by atoms with van der Waals surface area (Å²) in [5.74, 6) is 0.0460. The molecule has 1 heterocycles. The number of amides is 1. The molecule has 0 spiro atoms. The highest BCUT2D eigenvalue weighted by molar-refractivity contribution is 7.90. The van der Waals surface area contributed by atoms with Gasteiger partial charge in [0, 0.05) is 10.6 Å². The summed E-state index contributed by atoms with van der Waals surface area (Å²) in [6.45, 7) is 2.41. The third-order valence-corrected chi connectivity index (χ3v) is 7.44. The van der Waals surface area contributed by atoms with E-state index in [1.165, 1.54) is 6.07 Å². The Morgan fingerprint density at radius 2 is 1.68 bits per heavy atom. The molecule has 1 amide bonds. The Labute approximate surface area is 201 Å². The van der Waals surface area contributed by atoms with Gasteiger partial charge in [0.25, 0.3) is 15.9 Å². The fourth-order valence-corrected chi connectivity index (χ4v) is 5.17. The van der Waals surface area contributed by atoms with Gasteiger partial charge in [-0.2, -0.15) is 0 Å². The van der Waals surface area contributed by atoms with E-state index in [2.05, 4.69) is 9.71 Å². The van der Waals surface area contributed by atoms with E-state index in [4.69, 9.17) is 11.6 Å².